The summed E-state index contributed by atoms with van der Waals surface area (Å²) in [6.07, 6.45) is -5.75. The molecule has 0 aromatic heterocycles. The summed E-state index contributed by atoms with van der Waals surface area (Å²) in [6, 6.07) is 21.3. The number of ether oxygens (including phenoxy) is 2. The van der Waals surface area contributed by atoms with Gasteiger partial charge in [-0.2, -0.15) is 13.2 Å². The van der Waals surface area contributed by atoms with Gasteiger partial charge in [0, 0.05) is 47.8 Å². The third kappa shape index (κ3) is 8.76. The zero-order valence-corrected chi connectivity index (χ0v) is 27.4. The molecule has 2 aliphatic heterocycles. The molecule has 3 aromatic rings. The van der Waals surface area contributed by atoms with Crippen molar-refractivity contribution in [1.82, 2.24) is 10.2 Å². The van der Waals surface area contributed by atoms with E-state index in [-0.39, 0.29) is 50.2 Å². The molecule has 5 atom stereocenters. The van der Waals surface area contributed by atoms with Gasteiger partial charge in [0.15, 0.2) is 6.29 Å². The second kappa shape index (κ2) is 15.5. The molecule has 3 amide bonds. The fourth-order valence-corrected chi connectivity index (χ4v) is 6.94. The predicted octanol–water partition coefficient (Wildman–Crippen LogP) is 5.89. The van der Waals surface area contributed by atoms with Crippen LogP contribution >= 0.6 is 11.8 Å². The van der Waals surface area contributed by atoms with E-state index >= 15 is 0 Å². The highest BCUT2D eigenvalue weighted by atomic mass is 32.2. The lowest BCUT2D eigenvalue weighted by Crippen LogP contribution is -2.50. The Bertz CT molecular complexity index is 1570. The van der Waals surface area contributed by atoms with Gasteiger partial charge in [0.25, 0.3) is 0 Å². The molecule has 2 heterocycles. The third-order valence-corrected chi connectivity index (χ3v) is 9.59. The highest BCUT2D eigenvalue weighted by Gasteiger charge is 2.47. The lowest BCUT2D eigenvalue weighted by molar-refractivity contribution is -0.268. The van der Waals surface area contributed by atoms with Crippen LogP contribution in [-0.2, 0) is 37.0 Å². The number of carbonyl (C=O) groups is 3. The van der Waals surface area contributed by atoms with Crippen molar-refractivity contribution in [3.05, 3.63) is 95.1 Å². The highest BCUT2D eigenvalue weighted by molar-refractivity contribution is 7.99. The summed E-state index contributed by atoms with van der Waals surface area (Å²) in [5.74, 6) is -2.15. The molecule has 13 heteroatoms. The van der Waals surface area contributed by atoms with Gasteiger partial charge in [0.05, 0.1) is 18.8 Å². The molecule has 0 aliphatic carbocycles. The number of carbonyl (C=O) groups excluding carboxylic acids is 3. The topological polar surface area (TPSA) is 117 Å². The van der Waals surface area contributed by atoms with Crippen LogP contribution < -0.4 is 10.6 Å². The normalized spacial score (nSPS) is 22.7. The van der Waals surface area contributed by atoms with E-state index < -0.39 is 30.3 Å². The summed E-state index contributed by atoms with van der Waals surface area (Å²) in [6.45, 7) is 3.44. The number of alkyl halides is 3. The average Bonchev–Trinajstić information content (AvgIpc) is 3.57. The van der Waals surface area contributed by atoms with Crippen molar-refractivity contribution in [2.75, 3.05) is 17.6 Å². The fourth-order valence-electron chi connectivity index (χ4n) is 5.87. The SMILES string of the molecule is CC(=O)Nc1ccc(SC[C@@H]2O[C@H](c3ccc(CNC(=O)[C@@H]4CCCN4C(=O)C(F)(F)F)cc3)O[C@H](c3ccc(CO)cc3)[C@@H]2C)cc1. The van der Waals surface area contributed by atoms with Crippen molar-refractivity contribution in [2.45, 2.75) is 75.5 Å². The Kier molecular flexibility index (Phi) is 11.5. The van der Waals surface area contributed by atoms with Crippen molar-refractivity contribution < 1.29 is 42.1 Å². The summed E-state index contributed by atoms with van der Waals surface area (Å²) in [5.41, 5.74) is 3.93. The smallest absolute Gasteiger partial charge is 0.392 e. The van der Waals surface area contributed by atoms with Crippen LogP contribution in [0.2, 0.25) is 0 Å². The van der Waals surface area contributed by atoms with Crippen LogP contribution in [0.4, 0.5) is 18.9 Å². The van der Waals surface area contributed by atoms with Crippen LogP contribution in [-0.4, -0.2) is 58.3 Å². The summed E-state index contributed by atoms with van der Waals surface area (Å²) in [4.78, 5) is 37.5. The maximum atomic E-state index is 13.0. The van der Waals surface area contributed by atoms with Crippen molar-refractivity contribution in [3.8, 4) is 0 Å². The standard InChI is InChI=1S/C35H38F3N3O6S/c1-21-30(20-48-28-15-13-27(14-16-28)40-22(2)43)46-33(47-31(21)25-9-7-24(19-42)8-10-25)26-11-5-23(6-12-26)18-39-32(44)29-4-3-17-41(29)34(45)35(36,37)38/h5-16,21,29-31,33,42H,3-4,17-20H2,1-2H3,(H,39,44)(H,40,43)/t21-,29+,30+,31+,33+/m1/s1. The van der Waals surface area contributed by atoms with Gasteiger partial charge in [-0.15, -0.1) is 11.8 Å². The average molecular weight is 686 g/mol. The molecule has 0 bridgehead atoms. The first kappa shape index (κ1) is 35.4. The maximum absolute atomic E-state index is 13.0. The number of aliphatic hydroxyl groups excluding tert-OH is 1. The number of benzene rings is 3. The van der Waals surface area contributed by atoms with Gasteiger partial charge >= 0.3 is 12.1 Å². The maximum Gasteiger partial charge on any atom is 0.471 e. The molecule has 5 rings (SSSR count). The second-order valence-corrected chi connectivity index (χ2v) is 13.0. The molecule has 0 saturated carbocycles. The minimum Gasteiger partial charge on any atom is -0.392 e. The number of aliphatic hydroxyl groups is 1. The Hall–Kier alpha value is -3.91. The van der Waals surface area contributed by atoms with Crippen LogP contribution in [0.15, 0.2) is 77.7 Å². The monoisotopic (exact) mass is 685 g/mol. The third-order valence-electron chi connectivity index (χ3n) is 8.49. The Morgan fingerprint density at radius 3 is 2.21 bits per heavy atom. The Balaban J connectivity index is 1.26. The van der Waals surface area contributed by atoms with E-state index in [9.17, 15) is 32.7 Å². The first-order chi connectivity index (χ1) is 22.9. The van der Waals surface area contributed by atoms with Crippen LogP contribution in [0, 0.1) is 5.92 Å². The lowest BCUT2D eigenvalue weighted by Gasteiger charge is -2.41. The second-order valence-electron chi connectivity index (χ2n) is 12.0. The number of hydrogen-bond acceptors (Lipinski definition) is 7. The quantitative estimate of drug-likeness (QED) is 0.228. The van der Waals surface area contributed by atoms with E-state index in [4.69, 9.17) is 9.47 Å². The zero-order chi connectivity index (χ0) is 34.4. The Labute approximate surface area is 281 Å². The van der Waals surface area contributed by atoms with E-state index in [0.717, 1.165) is 21.6 Å². The highest BCUT2D eigenvalue weighted by Crippen LogP contribution is 2.43. The molecule has 2 fully saturated rings. The van der Waals surface area contributed by atoms with E-state index in [1.165, 1.54) is 6.92 Å². The van der Waals surface area contributed by atoms with Crippen LogP contribution in [0.3, 0.4) is 0 Å². The number of amides is 3. The first-order valence-electron chi connectivity index (χ1n) is 15.7. The predicted molar refractivity (Wildman–Crippen MR) is 174 cm³/mol. The van der Waals surface area contributed by atoms with E-state index in [1.807, 2.05) is 60.7 Å². The number of rotatable bonds is 10. The number of halogens is 3. The van der Waals surface area contributed by atoms with Gasteiger partial charge in [0.1, 0.15) is 6.04 Å². The number of hydrogen-bond donors (Lipinski definition) is 3. The van der Waals surface area contributed by atoms with Crippen LogP contribution in [0.5, 0.6) is 0 Å². The molecule has 0 spiro atoms. The van der Waals surface area contributed by atoms with Crippen molar-refractivity contribution in [1.29, 1.82) is 0 Å². The van der Waals surface area contributed by atoms with Gasteiger partial charge < -0.3 is 30.1 Å². The molecule has 2 saturated heterocycles. The number of thioether (sulfide) groups is 1. The van der Waals surface area contributed by atoms with Crippen LogP contribution in [0.1, 0.15) is 61.3 Å². The molecule has 0 unspecified atom stereocenters. The van der Waals surface area contributed by atoms with Gasteiger partial charge in [-0.3, -0.25) is 14.4 Å². The van der Waals surface area contributed by atoms with Crippen molar-refractivity contribution >= 4 is 35.2 Å². The Morgan fingerprint density at radius 1 is 0.938 bits per heavy atom. The fraction of sp³-hybridized carbons (Fsp3) is 0.400. The molecule has 0 radical (unpaired) electrons. The molecular weight excluding hydrogens is 647 g/mol. The number of nitrogens with zero attached hydrogens (tertiary/aromatic N) is 1. The summed E-state index contributed by atoms with van der Waals surface area (Å²) < 4.78 is 52.0. The largest absolute Gasteiger partial charge is 0.471 e. The Morgan fingerprint density at radius 2 is 1.58 bits per heavy atom. The molecular formula is C35H38F3N3O6S. The van der Waals surface area contributed by atoms with Gasteiger partial charge in [-0.1, -0.05) is 55.5 Å². The van der Waals surface area contributed by atoms with Gasteiger partial charge in [0.2, 0.25) is 11.8 Å². The lowest BCUT2D eigenvalue weighted by atomic mass is 9.91. The molecule has 3 aromatic carbocycles. The van der Waals surface area contributed by atoms with Gasteiger partial charge in [-0.25, -0.2) is 0 Å². The minimum atomic E-state index is -5.03. The first-order valence-corrected chi connectivity index (χ1v) is 16.7. The number of nitrogens with one attached hydrogen (secondary N) is 2. The van der Waals surface area contributed by atoms with E-state index in [1.54, 1.807) is 23.9 Å². The van der Waals surface area contributed by atoms with Gasteiger partial charge in [-0.05, 0) is 53.8 Å². The molecule has 2 aliphatic rings. The molecule has 48 heavy (non-hydrogen) atoms. The summed E-state index contributed by atoms with van der Waals surface area (Å²) >= 11 is 1.63. The van der Waals surface area contributed by atoms with E-state index in [2.05, 4.69) is 17.6 Å². The zero-order valence-electron chi connectivity index (χ0n) is 26.5. The number of likely N-dealkylation sites (tertiary alicyclic amines) is 1. The van der Waals surface area contributed by atoms with Crippen LogP contribution in [0.25, 0.3) is 0 Å². The van der Waals surface area contributed by atoms with Crippen molar-refractivity contribution in [3.63, 3.8) is 0 Å². The molecule has 3 N–H and O–H groups in total. The summed E-state index contributed by atoms with van der Waals surface area (Å²) in [7, 11) is 0. The molecule has 9 nitrogen and oxygen atoms in total. The van der Waals surface area contributed by atoms with E-state index in [0.29, 0.717) is 28.3 Å². The summed E-state index contributed by atoms with van der Waals surface area (Å²) in [5, 5.41) is 14.9. The molecule has 256 valence electrons. The minimum absolute atomic E-state index is 0.0266. The number of anilines is 1. The van der Waals surface area contributed by atoms with Crippen molar-refractivity contribution in [2.24, 2.45) is 5.92 Å².